The van der Waals surface area contributed by atoms with E-state index in [4.69, 9.17) is 23.2 Å². The Hall–Kier alpha value is -2.52. The summed E-state index contributed by atoms with van der Waals surface area (Å²) in [6, 6.07) is 6.20. The fraction of sp³-hybridized carbons (Fsp3) is 0.143. The van der Waals surface area contributed by atoms with Gasteiger partial charge < -0.3 is 0 Å². The van der Waals surface area contributed by atoms with Crippen molar-refractivity contribution in [2.75, 3.05) is 5.32 Å². The molecular formula is C14H10Cl2F2N6O. The Morgan fingerprint density at radius 2 is 2.08 bits per heavy atom. The molecule has 130 valence electrons. The van der Waals surface area contributed by atoms with Crippen molar-refractivity contribution in [3.8, 4) is 0 Å². The van der Waals surface area contributed by atoms with Gasteiger partial charge in [0.25, 0.3) is 5.91 Å². The molecule has 0 spiro atoms. The molecule has 3 rings (SSSR count). The van der Waals surface area contributed by atoms with Crippen LogP contribution in [0.3, 0.4) is 0 Å². The van der Waals surface area contributed by atoms with Crippen LogP contribution < -0.4 is 5.32 Å². The van der Waals surface area contributed by atoms with E-state index in [9.17, 15) is 13.6 Å². The SMILES string of the molecule is O=C(Nc1ncn(Cc2ccc(Cl)cc2Cl)n1)c1ccnn1C(F)F. The number of amides is 1. The van der Waals surface area contributed by atoms with Gasteiger partial charge in [-0.15, -0.1) is 5.10 Å². The summed E-state index contributed by atoms with van der Waals surface area (Å²) in [7, 11) is 0. The fourth-order valence-electron chi connectivity index (χ4n) is 2.07. The van der Waals surface area contributed by atoms with Crippen LogP contribution in [-0.4, -0.2) is 30.5 Å². The molecule has 1 N–H and O–H groups in total. The third kappa shape index (κ3) is 3.94. The lowest BCUT2D eigenvalue weighted by molar-refractivity contribution is 0.0520. The van der Waals surface area contributed by atoms with Crippen molar-refractivity contribution in [2.45, 2.75) is 13.1 Å². The molecular weight excluding hydrogens is 377 g/mol. The number of nitrogens with one attached hydrogen (secondary N) is 1. The first-order valence-corrected chi connectivity index (χ1v) is 7.66. The molecule has 0 unspecified atom stereocenters. The summed E-state index contributed by atoms with van der Waals surface area (Å²) in [5, 5.41) is 10.8. The summed E-state index contributed by atoms with van der Waals surface area (Å²) in [5.74, 6) is -0.822. The van der Waals surface area contributed by atoms with Gasteiger partial charge in [-0.3, -0.25) is 10.1 Å². The van der Waals surface area contributed by atoms with Gasteiger partial charge in [-0.1, -0.05) is 29.3 Å². The Bertz CT molecular complexity index is 910. The van der Waals surface area contributed by atoms with Crippen LogP contribution in [0.4, 0.5) is 14.7 Å². The molecule has 0 aliphatic heterocycles. The van der Waals surface area contributed by atoms with Crippen LogP contribution in [0.25, 0.3) is 0 Å². The topological polar surface area (TPSA) is 77.6 Å². The van der Waals surface area contributed by atoms with Gasteiger partial charge in [0.1, 0.15) is 12.0 Å². The number of halogens is 4. The molecule has 2 aromatic heterocycles. The molecule has 0 bridgehead atoms. The van der Waals surface area contributed by atoms with Crippen molar-refractivity contribution in [3.63, 3.8) is 0 Å². The molecule has 1 aromatic carbocycles. The predicted octanol–water partition coefficient (Wildman–Crippen LogP) is 3.48. The molecule has 0 aliphatic carbocycles. The van der Waals surface area contributed by atoms with Crippen LogP contribution in [-0.2, 0) is 6.54 Å². The summed E-state index contributed by atoms with van der Waals surface area (Å²) >= 11 is 11.9. The molecule has 0 saturated heterocycles. The van der Waals surface area contributed by atoms with Gasteiger partial charge >= 0.3 is 6.55 Å². The predicted molar refractivity (Wildman–Crippen MR) is 87.0 cm³/mol. The highest BCUT2D eigenvalue weighted by atomic mass is 35.5. The minimum absolute atomic E-state index is 0.0305. The van der Waals surface area contributed by atoms with E-state index < -0.39 is 12.5 Å². The number of rotatable bonds is 5. The minimum atomic E-state index is -2.92. The highest BCUT2D eigenvalue weighted by Crippen LogP contribution is 2.21. The molecule has 0 fully saturated rings. The van der Waals surface area contributed by atoms with Gasteiger partial charge in [0.2, 0.25) is 5.95 Å². The molecule has 2 heterocycles. The average molecular weight is 387 g/mol. The normalized spacial score (nSPS) is 11.1. The zero-order chi connectivity index (χ0) is 18.0. The number of benzene rings is 1. The van der Waals surface area contributed by atoms with E-state index in [0.717, 1.165) is 11.8 Å². The first-order chi connectivity index (χ1) is 11.9. The average Bonchev–Trinajstić information content (AvgIpc) is 3.19. The maximum absolute atomic E-state index is 12.7. The molecule has 0 atom stereocenters. The summed E-state index contributed by atoms with van der Waals surface area (Å²) in [6.07, 6.45) is 2.49. The van der Waals surface area contributed by atoms with Crippen molar-refractivity contribution in [3.05, 3.63) is 58.1 Å². The Balaban J connectivity index is 1.71. The standard InChI is InChI=1S/C14H10Cl2F2N6O/c15-9-2-1-8(10(16)5-9)6-23-7-19-14(22-23)21-12(25)11-3-4-20-24(11)13(17)18/h1-5,7,13H,6H2,(H,21,22,25). The van der Waals surface area contributed by atoms with Crippen LogP contribution in [0.5, 0.6) is 0 Å². The van der Waals surface area contributed by atoms with E-state index in [1.54, 1.807) is 18.2 Å². The molecule has 0 radical (unpaired) electrons. The number of hydrogen-bond donors (Lipinski definition) is 1. The Morgan fingerprint density at radius 3 is 2.80 bits per heavy atom. The highest BCUT2D eigenvalue weighted by Gasteiger charge is 2.19. The van der Waals surface area contributed by atoms with Gasteiger partial charge in [0.05, 0.1) is 6.54 Å². The van der Waals surface area contributed by atoms with E-state index in [0.29, 0.717) is 21.3 Å². The highest BCUT2D eigenvalue weighted by molar-refractivity contribution is 6.35. The summed E-state index contributed by atoms with van der Waals surface area (Å²) in [6.45, 7) is -2.62. The Morgan fingerprint density at radius 1 is 1.28 bits per heavy atom. The number of nitrogens with zero attached hydrogens (tertiary/aromatic N) is 5. The molecule has 1 amide bonds. The van der Waals surface area contributed by atoms with E-state index in [1.165, 1.54) is 17.1 Å². The smallest absolute Gasteiger partial charge is 0.288 e. The second kappa shape index (κ2) is 7.16. The van der Waals surface area contributed by atoms with E-state index in [2.05, 4.69) is 20.5 Å². The van der Waals surface area contributed by atoms with Gasteiger partial charge in [0, 0.05) is 16.2 Å². The van der Waals surface area contributed by atoms with Crippen molar-refractivity contribution in [1.29, 1.82) is 0 Å². The largest absolute Gasteiger partial charge is 0.333 e. The quantitative estimate of drug-likeness (QED) is 0.727. The van der Waals surface area contributed by atoms with Gasteiger partial charge in [-0.25, -0.2) is 9.67 Å². The van der Waals surface area contributed by atoms with Gasteiger partial charge in [0.15, 0.2) is 0 Å². The van der Waals surface area contributed by atoms with E-state index in [1.807, 2.05) is 0 Å². The number of alkyl halides is 2. The van der Waals surface area contributed by atoms with Crippen molar-refractivity contribution < 1.29 is 13.6 Å². The third-order valence-electron chi connectivity index (χ3n) is 3.20. The number of anilines is 1. The zero-order valence-corrected chi connectivity index (χ0v) is 13.9. The molecule has 25 heavy (non-hydrogen) atoms. The monoisotopic (exact) mass is 386 g/mol. The van der Waals surface area contributed by atoms with Crippen LogP contribution >= 0.6 is 23.2 Å². The molecule has 7 nitrogen and oxygen atoms in total. The summed E-state index contributed by atoms with van der Waals surface area (Å²) in [5.41, 5.74) is 0.455. The lowest BCUT2D eigenvalue weighted by atomic mass is 10.2. The molecule has 3 aromatic rings. The number of aromatic nitrogens is 5. The Labute approximate surface area is 150 Å². The number of carbonyl (C=O) groups is 1. The van der Waals surface area contributed by atoms with Gasteiger partial charge in [-0.05, 0) is 23.8 Å². The molecule has 0 aliphatic rings. The first-order valence-electron chi connectivity index (χ1n) is 6.90. The van der Waals surface area contributed by atoms with Crippen LogP contribution in [0, 0.1) is 0 Å². The van der Waals surface area contributed by atoms with Crippen molar-refractivity contribution in [1.82, 2.24) is 24.5 Å². The third-order valence-corrected chi connectivity index (χ3v) is 3.78. The lowest BCUT2D eigenvalue weighted by Gasteiger charge is -2.05. The van der Waals surface area contributed by atoms with E-state index in [-0.39, 0.29) is 11.6 Å². The maximum atomic E-state index is 12.7. The molecule has 0 saturated carbocycles. The second-order valence-electron chi connectivity index (χ2n) is 4.89. The number of carbonyl (C=O) groups excluding carboxylic acids is 1. The van der Waals surface area contributed by atoms with Crippen molar-refractivity contribution in [2.24, 2.45) is 0 Å². The first kappa shape index (κ1) is 17.3. The van der Waals surface area contributed by atoms with Crippen LogP contribution in [0.15, 0.2) is 36.8 Å². The fourth-order valence-corrected chi connectivity index (χ4v) is 2.54. The second-order valence-corrected chi connectivity index (χ2v) is 5.74. The van der Waals surface area contributed by atoms with Crippen molar-refractivity contribution >= 4 is 35.1 Å². The Kier molecular flexibility index (Phi) is 4.95. The zero-order valence-electron chi connectivity index (χ0n) is 12.4. The van der Waals surface area contributed by atoms with E-state index >= 15 is 0 Å². The van der Waals surface area contributed by atoms with Gasteiger partial charge in [-0.2, -0.15) is 18.6 Å². The minimum Gasteiger partial charge on any atom is -0.288 e. The summed E-state index contributed by atoms with van der Waals surface area (Å²) < 4.78 is 27.2. The maximum Gasteiger partial charge on any atom is 0.333 e. The molecule has 11 heteroatoms. The number of hydrogen-bond acceptors (Lipinski definition) is 4. The van der Waals surface area contributed by atoms with Crippen LogP contribution in [0.2, 0.25) is 10.0 Å². The lowest BCUT2D eigenvalue weighted by Crippen LogP contribution is -2.19. The van der Waals surface area contributed by atoms with Crippen LogP contribution in [0.1, 0.15) is 22.6 Å². The summed E-state index contributed by atoms with van der Waals surface area (Å²) in [4.78, 5) is 15.9.